The summed E-state index contributed by atoms with van der Waals surface area (Å²) in [5, 5.41) is 14.8. The summed E-state index contributed by atoms with van der Waals surface area (Å²) < 4.78 is 0. The molecule has 0 radical (unpaired) electrons. The number of aryl methyl sites for hydroxylation is 1. The third kappa shape index (κ3) is 3.05. The van der Waals surface area contributed by atoms with Gasteiger partial charge in [-0.25, -0.2) is 4.98 Å². The largest absolute Gasteiger partial charge is 0.358 e. The summed E-state index contributed by atoms with van der Waals surface area (Å²) in [7, 11) is 0. The number of nitrogens with one attached hydrogen (secondary N) is 1. The molecule has 1 unspecified atom stereocenters. The van der Waals surface area contributed by atoms with Crippen molar-refractivity contribution in [1.29, 1.82) is 0 Å². The van der Waals surface area contributed by atoms with Gasteiger partial charge in [-0.15, -0.1) is 0 Å². The van der Waals surface area contributed by atoms with E-state index < -0.39 is 4.92 Å². The molecular weight excluding hydrogens is 278 g/mol. The van der Waals surface area contributed by atoms with E-state index in [0.29, 0.717) is 10.6 Å². The first-order chi connectivity index (χ1) is 9.49. The molecule has 20 heavy (non-hydrogen) atoms. The van der Waals surface area contributed by atoms with Gasteiger partial charge in [0.15, 0.2) is 0 Å². The molecule has 2 aromatic rings. The first-order valence-electron chi connectivity index (χ1n) is 6.11. The lowest BCUT2D eigenvalue weighted by atomic mass is 10.1. The molecule has 1 heterocycles. The number of anilines is 1. The van der Waals surface area contributed by atoms with Gasteiger partial charge >= 0.3 is 5.69 Å². The maximum absolute atomic E-state index is 11.1. The highest BCUT2D eigenvalue weighted by atomic mass is 35.5. The molecule has 1 aromatic heterocycles. The third-order valence-electron chi connectivity index (χ3n) is 3.01. The van der Waals surface area contributed by atoms with Crippen molar-refractivity contribution in [3.05, 3.63) is 62.8 Å². The van der Waals surface area contributed by atoms with Crippen molar-refractivity contribution in [2.75, 3.05) is 5.32 Å². The molecule has 2 rings (SSSR count). The Morgan fingerprint density at radius 2 is 2.15 bits per heavy atom. The number of halogens is 1. The van der Waals surface area contributed by atoms with E-state index in [1.54, 1.807) is 25.3 Å². The monoisotopic (exact) mass is 291 g/mol. The van der Waals surface area contributed by atoms with Crippen molar-refractivity contribution in [2.45, 2.75) is 19.9 Å². The molecule has 0 amide bonds. The lowest BCUT2D eigenvalue weighted by Gasteiger charge is -2.15. The average molecular weight is 292 g/mol. The Labute approximate surface area is 121 Å². The fourth-order valence-corrected chi connectivity index (χ4v) is 2.15. The number of hydrogen-bond acceptors (Lipinski definition) is 4. The molecule has 0 aliphatic rings. The zero-order chi connectivity index (χ0) is 14.7. The molecule has 5 nitrogen and oxygen atoms in total. The van der Waals surface area contributed by atoms with Gasteiger partial charge in [0.25, 0.3) is 0 Å². The van der Waals surface area contributed by atoms with E-state index in [1.165, 1.54) is 0 Å². The van der Waals surface area contributed by atoms with Crippen LogP contribution in [-0.4, -0.2) is 9.91 Å². The van der Waals surface area contributed by atoms with Crippen molar-refractivity contribution in [2.24, 2.45) is 0 Å². The first-order valence-corrected chi connectivity index (χ1v) is 6.49. The number of pyridine rings is 1. The summed E-state index contributed by atoms with van der Waals surface area (Å²) in [4.78, 5) is 14.8. The number of nitro groups is 1. The normalized spacial score (nSPS) is 11.9. The summed E-state index contributed by atoms with van der Waals surface area (Å²) in [5.74, 6) is 0.266. The summed E-state index contributed by atoms with van der Waals surface area (Å²) in [5.41, 5.74) is 1.52. The van der Waals surface area contributed by atoms with Crippen LogP contribution in [0.25, 0.3) is 0 Å². The Kier molecular flexibility index (Phi) is 4.20. The van der Waals surface area contributed by atoms with Crippen LogP contribution in [0.2, 0.25) is 5.02 Å². The summed E-state index contributed by atoms with van der Waals surface area (Å²) in [6.45, 7) is 3.59. The quantitative estimate of drug-likeness (QED) is 0.679. The van der Waals surface area contributed by atoms with Gasteiger partial charge in [-0.2, -0.15) is 0 Å². The Morgan fingerprint density at radius 1 is 1.40 bits per heavy atom. The maximum atomic E-state index is 11.1. The Balaban J connectivity index is 2.30. The van der Waals surface area contributed by atoms with Gasteiger partial charge in [-0.05, 0) is 37.6 Å². The highest BCUT2D eigenvalue weighted by Gasteiger charge is 2.20. The molecule has 0 bridgehead atoms. The maximum Gasteiger partial charge on any atom is 0.314 e. The minimum atomic E-state index is -0.421. The van der Waals surface area contributed by atoms with E-state index in [9.17, 15) is 10.1 Å². The Morgan fingerprint density at radius 3 is 2.80 bits per heavy atom. The molecule has 0 aliphatic carbocycles. The number of hydrogen-bond donors (Lipinski definition) is 1. The van der Waals surface area contributed by atoms with Crippen LogP contribution in [0.3, 0.4) is 0 Å². The van der Waals surface area contributed by atoms with Gasteiger partial charge < -0.3 is 5.32 Å². The molecule has 0 fully saturated rings. The van der Waals surface area contributed by atoms with Crippen LogP contribution in [0.15, 0.2) is 36.5 Å². The van der Waals surface area contributed by atoms with E-state index in [1.807, 2.05) is 25.1 Å². The second-order valence-corrected chi connectivity index (χ2v) is 4.94. The predicted molar refractivity (Wildman–Crippen MR) is 79.1 cm³/mol. The topological polar surface area (TPSA) is 68.1 Å². The summed E-state index contributed by atoms with van der Waals surface area (Å²) >= 11 is 5.95. The molecule has 104 valence electrons. The number of aromatic nitrogens is 1. The lowest BCUT2D eigenvalue weighted by Crippen LogP contribution is -2.10. The van der Waals surface area contributed by atoms with E-state index >= 15 is 0 Å². The Bertz CT molecular complexity index is 646. The predicted octanol–water partition coefficient (Wildman–Crippen LogP) is 4.12. The molecule has 0 aliphatic heterocycles. The van der Waals surface area contributed by atoms with Gasteiger partial charge in [0.1, 0.15) is 0 Å². The molecule has 1 aromatic carbocycles. The Hall–Kier alpha value is -2.14. The molecule has 0 spiro atoms. The molecule has 0 saturated carbocycles. The number of nitrogens with zero attached hydrogens (tertiary/aromatic N) is 2. The van der Waals surface area contributed by atoms with Crippen molar-refractivity contribution in [1.82, 2.24) is 4.98 Å². The van der Waals surface area contributed by atoms with Crippen molar-refractivity contribution in [3.8, 4) is 0 Å². The van der Waals surface area contributed by atoms with Crippen molar-refractivity contribution >= 4 is 23.1 Å². The molecule has 1 N–H and O–H groups in total. The van der Waals surface area contributed by atoms with E-state index in [2.05, 4.69) is 10.3 Å². The van der Waals surface area contributed by atoms with E-state index in [-0.39, 0.29) is 17.5 Å². The molecule has 6 heteroatoms. The second-order valence-electron chi connectivity index (χ2n) is 4.50. The zero-order valence-electron chi connectivity index (χ0n) is 11.1. The fraction of sp³-hybridized carbons (Fsp3) is 0.214. The molecular formula is C14H14ClN3O2. The second kappa shape index (κ2) is 5.88. The standard InChI is InChI=1S/C14H14ClN3O2/c1-9-6-7-16-14(13(9)18(19)20)17-10(2)11-4-3-5-12(15)8-11/h3-8,10H,1-2H3,(H,16,17). The number of rotatable bonds is 4. The van der Waals surface area contributed by atoms with Gasteiger partial charge in [-0.3, -0.25) is 10.1 Å². The smallest absolute Gasteiger partial charge is 0.314 e. The molecule has 0 saturated heterocycles. The van der Waals surface area contributed by atoms with Gasteiger partial charge in [-0.1, -0.05) is 23.7 Å². The van der Waals surface area contributed by atoms with Crippen LogP contribution in [0.4, 0.5) is 11.5 Å². The van der Waals surface area contributed by atoms with Crippen LogP contribution in [0, 0.1) is 17.0 Å². The van der Waals surface area contributed by atoms with Crippen molar-refractivity contribution in [3.63, 3.8) is 0 Å². The fourth-order valence-electron chi connectivity index (χ4n) is 1.95. The van der Waals surface area contributed by atoms with Crippen LogP contribution >= 0.6 is 11.6 Å². The molecule has 1 atom stereocenters. The minimum absolute atomic E-state index is 0.00128. The SMILES string of the molecule is Cc1ccnc(NC(C)c2cccc(Cl)c2)c1[N+](=O)[O-]. The van der Waals surface area contributed by atoms with Crippen LogP contribution < -0.4 is 5.32 Å². The van der Waals surface area contributed by atoms with Crippen molar-refractivity contribution < 1.29 is 4.92 Å². The first kappa shape index (κ1) is 14.3. The third-order valence-corrected chi connectivity index (χ3v) is 3.25. The van der Waals surface area contributed by atoms with Gasteiger partial charge in [0.2, 0.25) is 5.82 Å². The van der Waals surface area contributed by atoms with Crippen LogP contribution in [-0.2, 0) is 0 Å². The average Bonchev–Trinajstić information content (AvgIpc) is 2.38. The van der Waals surface area contributed by atoms with Gasteiger partial charge in [0, 0.05) is 16.8 Å². The van der Waals surface area contributed by atoms with Crippen LogP contribution in [0.5, 0.6) is 0 Å². The minimum Gasteiger partial charge on any atom is -0.358 e. The lowest BCUT2D eigenvalue weighted by molar-refractivity contribution is -0.384. The zero-order valence-corrected chi connectivity index (χ0v) is 11.9. The van der Waals surface area contributed by atoms with Gasteiger partial charge in [0.05, 0.1) is 11.0 Å². The summed E-state index contributed by atoms with van der Waals surface area (Å²) in [6.07, 6.45) is 1.55. The highest BCUT2D eigenvalue weighted by molar-refractivity contribution is 6.30. The summed E-state index contributed by atoms with van der Waals surface area (Å²) in [6, 6.07) is 8.83. The number of benzene rings is 1. The van der Waals surface area contributed by atoms with E-state index in [0.717, 1.165) is 5.56 Å². The highest BCUT2D eigenvalue weighted by Crippen LogP contribution is 2.29. The van der Waals surface area contributed by atoms with Crippen LogP contribution in [0.1, 0.15) is 24.1 Å². The van der Waals surface area contributed by atoms with E-state index in [4.69, 9.17) is 11.6 Å².